The number of fused-ring (bicyclic) bond motifs is 1. The summed E-state index contributed by atoms with van der Waals surface area (Å²) in [5.74, 6) is -2.05. The molecule has 1 aromatic heterocycles. The molecule has 0 unspecified atom stereocenters. The maximum atomic E-state index is 13.1. The highest BCUT2D eigenvalue weighted by Crippen LogP contribution is 2.26. The lowest BCUT2D eigenvalue weighted by molar-refractivity contribution is -0.384. The van der Waals surface area contributed by atoms with E-state index in [0.717, 1.165) is 10.3 Å². The van der Waals surface area contributed by atoms with Gasteiger partial charge in [-0.2, -0.15) is 0 Å². The van der Waals surface area contributed by atoms with Gasteiger partial charge in [-0.05, 0) is 35.4 Å². The van der Waals surface area contributed by atoms with Crippen LogP contribution in [0.15, 0.2) is 60.4 Å². The predicted molar refractivity (Wildman–Crippen MR) is 122 cm³/mol. The molecule has 0 bridgehead atoms. The number of piperazine rings is 1. The fourth-order valence-corrected chi connectivity index (χ4v) is 4.04. The van der Waals surface area contributed by atoms with Gasteiger partial charge in [0.25, 0.3) is 11.6 Å². The molecular formula is C24H20N4O6. The van der Waals surface area contributed by atoms with Crippen molar-refractivity contribution < 1.29 is 24.1 Å². The fraction of sp³-hybridized carbons (Fsp3) is 0.167. The molecule has 1 atom stereocenters. The molecule has 2 aromatic carbocycles. The van der Waals surface area contributed by atoms with Crippen LogP contribution in [0.1, 0.15) is 29.8 Å². The lowest BCUT2D eigenvalue weighted by atomic mass is 10.00. The van der Waals surface area contributed by atoms with Crippen LogP contribution in [0.3, 0.4) is 0 Å². The molecule has 1 N–H and O–H groups in total. The van der Waals surface area contributed by atoms with E-state index in [0.29, 0.717) is 16.6 Å². The molecule has 10 nitrogen and oxygen atoms in total. The second-order valence-corrected chi connectivity index (χ2v) is 7.87. The minimum absolute atomic E-state index is 0.0305. The standard InChI is InChI=1S/C24H20N4O6/c1-14(29)26-13-17(19-5-3-4-6-21(19)26)12-22-23(31)25-20(24(32)27(22)15(2)30)11-16-7-9-18(10-8-16)28(33)34/h3-11,13,22H,12H2,1-2H3,(H,25,31)/b20-11-/t22-/m0/s1. The Morgan fingerprint density at radius 2 is 1.74 bits per heavy atom. The average molecular weight is 460 g/mol. The number of para-hydroxylation sites is 1. The first-order valence-corrected chi connectivity index (χ1v) is 10.4. The van der Waals surface area contributed by atoms with E-state index in [1.54, 1.807) is 24.4 Å². The van der Waals surface area contributed by atoms with Gasteiger partial charge >= 0.3 is 0 Å². The third kappa shape index (κ3) is 4.08. The third-order valence-corrected chi connectivity index (χ3v) is 5.62. The quantitative estimate of drug-likeness (QED) is 0.362. The van der Waals surface area contributed by atoms with Crippen LogP contribution in [0.4, 0.5) is 5.69 Å². The van der Waals surface area contributed by atoms with Crippen LogP contribution < -0.4 is 5.32 Å². The summed E-state index contributed by atoms with van der Waals surface area (Å²) >= 11 is 0. The molecular weight excluding hydrogens is 440 g/mol. The molecule has 2 heterocycles. The van der Waals surface area contributed by atoms with Crippen molar-refractivity contribution >= 4 is 46.3 Å². The van der Waals surface area contributed by atoms with E-state index < -0.39 is 28.7 Å². The zero-order valence-electron chi connectivity index (χ0n) is 18.3. The van der Waals surface area contributed by atoms with Gasteiger partial charge in [-0.3, -0.25) is 38.8 Å². The highest BCUT2D eigenvalue weighted by molar-refractivity contribution is 6.14. The van der Waals surface area contributed by atoms with E-state index in [1.807, 2.05) is 6.07 Å². The Balaban J connectivity index is 1.68. The van der Waals surface area contributed by atoms with Crippen LogP contribution in [-0.2, 0) is 20.8 Å². The Morgan fingerprint density at radius 1 is 1.06 bits per heavy atom. The molecule has 10 heteroatoms. The van der Waals surface area contributed by atoms with Crippen molar-refractivity contribution in [3.8, 4) is 0 Å². The Hall–Kier alpha value is -4.60. The summed E-state index contributed by atoms with van der Waals surface area (Å²) in [4.78, 5) is 61.8. The van der Waals surface area contributed by atoms with Gasteiger partial charge in [0.1, 0.15) is 11.7 Å². The largest absolute Gasteiger partial charge is 0.320 e. The van der Waals surface area contributed by atoms with Gasteiger partial charge in [0.05, 0.1) is 10.4 Å². The molecule has 3 aromatic rings. The van der Waals surface area contributed by atoms with Gasteiger partial charge in [-0.1, -0.05) is 18.2 Å². The lowest BCUT2D eigenvalue weighted by Gasteiger charge is -2.33. The molecule has 34 heavy (non-hydrogen) atoms. The second kappa shape index (κ2) is 8.74. The van der Waals surface area contributed by atoms with E-state index >= 15 is 0 Å². The number of nitrogens with one attached hydrogen (secondary N) is 1. The third-order valence-electron chi connectivity index (χ3n) is 5.62. The first-order chi connectivity index (χ1) is 16.2. The Labute approximate surface area is 193 Å². The van der Waals surface area contributed by atoms with E-state index in [9.17, 15) is 29.3 Å². The predicted octanol–water partition coefficient (Wildman–Crippen LogP) is 2.67. The molecule has 4 rings (SSSR count). The molecule has 1 aliphatic rings. The molecule has 0 spiro atoms. The van der Waals surface area contributed by atoms with E-state index in [-0.39, 0.29) is 23.7 Å². The number of non-ortho nitro benzene ring substituents is 1. The maximum absolute atomic E-state index is 13.1. The molecule has 3 amide bonds. The van der Waals surface area contributed by atoms with Gasteiger partial charge in [0.15, 0.2) is 0 Å². The fourth-order valence-electron chi connectivity index (χ4n) is 4.04. The van der Waals surface area contributed by atoms with Crippen molar-refractivity contribution in [1.82, 2.24) is 14.8 Å². The van der Waals surface area contributed by atoms with Crippen LogP contribution in [-0.4, -0.2) is 44.1 Å². The number of benzene rings is 2. The van der Waals surface area contributed by atoms with Crippen LogP contribution >= 0.6 is 0 Å². The number of carbonyl (C=O) groups is 4. The topological polar surface area (TPSA) is 132 Å². The molecule has 1 saturated heterocycles. The highest BCUT2D eigenvalue weighted by Gasteiger charge is 2.40. The normalized spacial score (nSPS) is 17.2. The maximum Gasteiger partial charge on any atom is 0.277 e. The van der Waals surface area contributed by atoms with Crippen molar-refractivity contribution in [3.05, 3.63) is 81.7 Å². The SMILES string of the molecule is CC(=O)N1C(=O)/C(=C/c2ccc([N+](=O)[O-])cc2)NC(=O)[C@@H]1Cc1cn(C(C)=O)c2ccccc12. The second-order valence-electron chi connectivity index (χ2n) is 7.87. The highest BCUT2D eigenvalue weighted by atomic mass is 16.6. The van der Waals surface area contributed by atoms with E-state index in [4.69, 9.17) is 0 Å². The van der Waals surface area contributed by atoms with Crippen molar-refractivity contribution in [2.75, 3.05) is 0 Å². The minimum atomic E-state index is -1.11. The van der Waals surface area contributed by atoms with Gasteiger partial charge in [0, 0.05) is 44.0 Å². The summed E-state index contributed by atoms with van der Waals surface area (Å²) in [6.45, 7) is 2.62. The number of carbonyl (C=O) groups excluding carboxylic acids is 4. The molecule has 1 aliphatic heterocycles. The monoisotopic (exact) mass is 460 g/mol. The van der Waals surface area contributed by atoms with Gasteiger partial charge in [0.2, 0.25) is 17.7 Å². The van der Waals surface area contributed by atoms with Crippen molar-refractivity contribution in [3.63, 3.8) is 0 Å². The summed E-state index contributed by atoms with van der Waals surface area (Å²) < 4.78 is 1.46. The van der Waals surface area contributed by atoms with Crippen LogP contribution in [0.5, 0.6) is 0 Å². The number of hydrogen-bond donors (Lipinski definition) is 1. The number of hydrogen-bond acceptors (Lipinski definition) is 6. The van der Waals surface area contributed by atoms with Crippen LogP contribution in [0, 0.1) is 10.1 Å². The number of imide groups is 1. The van der Waals surface area contributed by atoms with Crippen molar-refractivity contribution in [2.24, 2.45) is 0 Å². The number of rotatable bonds is 4. The number of aromatic nitrogens is 1. The zero-order valence-corrected chi connectivity index (χ0v) is 18.3. The van der Waals surface area contributed by atoms with Gasteiger partial charge in [-0.25, -0.2) is 0 Å². The van der Waals surface area contributed by atoms with E-state index in [1.165, 1.54) is 48.8 Å². The van der Waals surface area contributed by atoms with Crippen LogP contribution in [0.2, 0.25) is 0 Å². The summed E-state index contributed by atoms with van der Waals surface area (Å²) in [5, 5.41) is 14.1. The molecule has 0 radical (unpaired) electrons. The first-order valence-electron chi connectivity index (χ1n) is 10.4. The smallest absolute Gasteiger partial charge is 0.277 e. The lowest BCUT2D eigenvalue weighted by Crippen LogP contribution is -2.59. The Kier molecular flexibility index (Phi) is 5.80. The summed E-state index contributed by atoms with van der Waals surface area (Å²) in [7, 11) is 0. The summed E-state index contributed by atoms with van der Waals surface area (Å²) in [6, 6.07) is 11.5. The number of nitrogens with zero attached hydrogens (tertiary/aromatic N) is 3. The average Bonchev–Trinajstić information content (AvgIpc) is 3.16. The van der Waals surface area contributed by atoms with Crippen LogP contribution in [0.25, 0.3) is 17.0 Å². The molecule has 1 fully saturated rings. The Bertz CT molecular complexity index is 1390. The van der Waals surface area contributed by atoms with Gasteiger partial charge < -0.3 is 5.32 Å². The van der Waals surface area contributed by atoms with Gasteiger partial charge in [-0.15, -0.1) is 0 Å². The molecule has 0 aliphatic carbocycles. The zero-order chi connectivity index (χ0) is 24.6. The summed E-state index contributed by atoms with van der Waals surface area (Å²) in [6.07, 6.45) is 3.01. The molecule has 172 valence electrons. The Morgan fingerprint density at radius 3 is 2.35 bits per heavy atom. The number of amides is 3. The summed E-state index contributed by atoms with van der Waals surface area (Å²) in [5.41, 5.74) is 1.53. The first kappa shape index (κ1) is 22.6. The minimum Gasteiger partial charge on any atom is -0.320 e. The van der Waals surface area contributed by atoms with Crippen molar-refractivity contribution in [1.29, 1.82) is 0 Å². The molecule has 0 saturated carbocycles. The number of nitro groups is 1. The van der Waals surface area contributed by atoms with Crippen molar-refractivity contribution in [2.45, 2.75) is 26.3 Å². The number of nitro benzene ring substituents is 1. The van der Waals surface area contributed by atoms with E-state index in [2.05, 4.69) is 5.32 Å².